The quantitative estimate of drug-likeness (QED) is 0.792. The van der Waals surface area contributed by atoms with Crippen molar-refractivity contribution in [3.63, 3.8) is 0 Å². The predicted octanol–water partition coefficient (Wildman–Crippen LogP) is 0.944. The molecule has 6 nitrogen and oxygen atoms in total. The predicted molar refractivity (Wildman–Crippen MR) is 67.8 cm³/mol. The van der Waals surface area contributed by atoms with Crippen LogP contribution in [0.5, 0.6) is 0 Å². The van der Waals surface area contributed by atoms with Crippen molar-refractivity contribution in [1.29, 1.82) is 0 Å². The topological polar surface area (TPSA) is 86.7 Å². The molecule has 1 saturated heterocycles. The number of carboxylic acid groups (broad SMARTS) is 1. The summed E-state index contributed by atoms with van der Waals surface area (Å²) in [5.74, 6) is -1.61. The van der Waals surface area contributed by atoms with Crippen LogP contribution in [0.2, 0.25) is 0 Å². The summed E-state index contributed by atoms with van der Waals surface area (Å²) in [5.41, 5.74) is 0.492. The molecule has 1 unspecified atom stereocenters. The number of hydrogen-bond acceptors (Lipinski definition) is 4. The first-order valence-corrected chi connectivity index (χ1v) is 5.90. The average Bonchev–Trinajstić information content (AvgIpc) is 2.40. The van der Waals surface area contributed by atoms with E-state index < -0.39 is 12.0 Å². The zero-order valence-electron chi connectivity index (χ0n) is 10.4. The maximum atomic E-state index is 11.9. The number of nitrogens with zero attached hydrogens (tertiary/aromatic N) is 1. The van der Waals surface area contributed by atoms with Crippen molar-refractivity contribution >= 4 is 23.5 Å². The lowest BCUT2D eigenvalue weighted by atomic mass is 10.0. The molecule has 1 aromatic carbocycles. The number of carboxylic acids is 1. The van der Waals surface area contributed by atoms with E-state index in [0.29, 0.717) is 12.1 Å². The number of rotatable bonds is 3. The number of benzene rings is 1. The normalized spacial score (nSPS) is 19.4. The maximum absolute atomic E-state index is 11.9. The standard InChI is InChI=1S/C13H14N2O4/c1-15-11(16)7-6-10(12(15)17)14-9-5-3-2-4-8(9)13(18)19/h2-5,10,14H,6-7H2,1H3,(H,18,19). The molecular weight excluding hydrogens is 248 g/mol. The maximum Gasteiger partial charge on any atom is 0.337 e. The van der Waals surface area contributed by atoms with Crippen molar-refractivity contribution < 1.29 is 19.5 Å². The lowest BCUT2D eigenvalue weighted by Crippen LogP contribution is -2.48. The second kappa shape index (κ2) is 5.09. The third kappa shape index (κ3) is 2.57. The number of anilines is 1. The van der Waals surface area contributed by atoms with Crippen molar-refractivity contribution in [3.05, 3.63) is 29.8 Å². The van der Waals surface area contributed by atoms with Crippen LogP contribution in [0.4, 0.5) is 5.69 Å². The van der Waals surface area contributed by atoms with Gasteiger partial charge in [-0.05, 0) is 18.6 Å². The van der Waals surface area contributed by atoms with Gasteiger partial charge in [0, 0.05) is 19.2 Å². The molecule has 6 heteroatoms. The Morgan fingerprint density at radius 3 is 2.74 bits per heavy atom. The smallest absolute Gasteiger partial charge is 0.337 e. The third-order valence-corrected chi connectivity index (χ3v) is 3.14. The molecule has 1 fully saturated rings. The number of piperidine rings is 1. The number of para-hydroxylation sites is 1. The number of carbonyl (C=O) groups excluding carboxylic acids is 2. The number of amides is 2. The lowest BCUT2D eigenvalue weighted by Gasteiger charge is -2.29. The molecule has 2 amide bonds. The number of aromatic carboxylic acids is 1. The number of nitrogens with one attached hydrogen (secondary N) is 1. The molecule has 1 atom stereocenters. The van der Waals surface area contributed by atoms with Crippen LogP contribution in [0.1, 0.15) is 23.2 Å². The Morgan fingerprint density at radius 2 is 2.05 bits per heavy atom. The minimum absolute atomic E-state index is 0.106. The average molecular weight is 262 g/mol. The van der Waals surface area contributed by atoms with Crippen molar-refractivity contribution in [1.82, 2.24) is 4.90 Å². The molecule has 0 radical (unpaired) electrons. The molecule has 100 valence electrons. The monoisotopic (exact) mass is 262 g/mol. The highest BCUT2D eigenvalue weighted by Gasteiger charge is 2.32. The summed E-state index contributed by atoms with van der Waals surface area (Å²) >= 11 is 0. The third-order valence-electron chi connectivity index (χ3n) is 3.14. The van der Waals surface area contributed by atoms with Gasteiger partial charge in [0.05, 0.1) is 5.56 Å². The molecule has 0 aliphatic carbocycles. The summed E-state index contributed by atoms with van der Waals surface area (Å²) in [6.45, 7) is 0. The Morgan fingerprint density at radius 1 is 1.37 bits per heavy atom. The first-order valence-electron chi connectivity index (χ1n) is 5.90. The summed E-state index contributed by atoms with van der Waals surface area (Å²) in [6, 6.07) is 5.81. The van der Waals surface area contributed by atoms with E-state index in [4.69, 9.17) is 5.11 Å². The molecule has 0 aromatic heterocycles. The van der Waals surface area contributed by atoms with Crippen LogP contribution in [-0.4, -0.2) is 40.9 Å². The molecule has 1 aliphatic rings. The number of hydrogen-bond donors (Lipinski definition) is 2. The molecule has 2 N–H and O–H groups in total. The minimum atomic E-state index is -1.06. The molecule has 0 bridgehead atoms. The van der Waals surface area contributed by atoms with Gasteiger partial charge in [-0.15, -0.1) is 0 Å². The highest BCUT2D eigenvalue weighted by molar-refractivity contribution is 6.02. The van der Waals surface area contributed by atoms with Gasteiger partial charge in [0.1, 0.15) is 6.04 Å². The fourth-order valence-corrected chi connectivity index (χ4v) is 2.03. The SMILES string of the molecule is CN1C(=O)CCC(Nc2ccccc2C(=O)O)C1=O. The molecule has 0 saturated carbocycles. The Bertz CT molecular complexity index is 541. The Hall–Kier alpha value is -2.37. The van der Waals surface area contributed by atoms with Gasteiger partial charge in [-0.25, -0.2) is 4.79 Å². The lowest BCUT2D eigenvalue weighted by molar-refractivity contribution is -0.146. The fraction of sp³-hybridized carbons (Fsp3) is 0.308. The number of imide groups is 1. The summed E-state index contributed by atoms with van der Waals surface area (Å²) in [6.07, 6.45) is 0.644. The van der Waals surface area contributed by atoms with Crippen molar-refractivity contribution in [2.24, 2.45) is 0 Å². The molecule has 2 rings (SSSR count). The highest BCUT2D eigenvalue weighted by atomic mass is 16.4. The second-order valence-electron chi connectivity index (χ2n) is 4.38. The van der Waals surface area contributed by atoms with E-state index in [0.717, 1.165) is 4.90 Å². The summed E-state index contributed by atoms with van der Waals surface area (Å²) < 4.78 is 0. The molecule has 1 aliphatic heterocycles. The van der Waals surface area contributed by atoms with Gasteiger partial charge < -0.3 is 10.4 Å². The van der Waals surface area contributed by atoms with Gasteiger partial charge in [0.2, 0.25) is 5.91 Å². The summed E-state index contributed by atoms with van der Waals surface area (Å²) in [4.78, 5) is 35.4. The van der Waals surface area contributed by atoms with E-state index in [1.807, 2.05) is 0 Å². The van der Waals surface area contributed by atoms with Gasteiger partial charge in [-0.3, -0.25) is 14.5 Å². The first kappa shape index (κ1) is 13.1. The van der Waals surface area contributed by atoms with E-state index in [-0.39, 0.29) is 23.8 Å². The van der Waals surface area contributed by atoms with Crippen LogP contribution in [0.3, 0.4) is 0 Å². The zero-order chi connectivity index (χ0) is 14.0. The van der Waals surface area contributed by atoms with Crippen LogP contribution < -0.4 is 5.32 Å². The number of likely N-dealkylation sites (tertiary alicyclic amines) is 1. The van der Waals surface area contributed by atoms with Gasteiger partial charge >= 0.3 is 5.97 Å². The van der Waals surface area contributed by atoms with E-state index in [1.165, 1.54) is 13.1 Å². The van der Waals surface area contributed by atoms with E-state index in [1.54, 1.807) is 18.2 Å². The zero-order valence-corrected chi connectivity index (χ0v) is 10.4. The van der Waals surface area contributed by atoms with Crippen molar-refractivity contribution in [3.8, 4) is 0 Å². The minimum Gasteiger partial charge on any atom is -0.478 e. The van der Waals surface area contributed by atoms with Crippen molar-refractivity contribution in [2.75, 3.05) is 12.4 Å². The Balaban J connectivity index is 2.20. The first-order chi connectivity index (χ1) is 9.00. The summed E-state index contributed by atoms with van der Waals surface area (Å²) in [7, 11) is 1.43. The van der Waals surface area contributed by atoms with Crippen LogP contribution >= 0.6 is 0 Å². The largest absolute Gasteiger partial charge is 0.478 e. The van der Waals surface area contributed by atoms with Crippen LogP contribution in [0.15, 0.2) is 24.3 Å². The molecule has 0 spiro atoms. The van der Waals surface area contributed by atoms with E-state index in [9.17, 15) is 14.4 Å². The molecule has 19 heavy (non-hydrogen) atoms. The highest BCUT2D eigenvalue weighted by Crippen LogP contribution is 2.20. The Kier molecular flexibility index (Phi) is 3.50. The van der Waals surface area contributed by atoms with E-state index >= 15 is 0 Å². The van der Waals surface area contributed by atoms with Gasteiger partial charge in [-0.1, -0.05) is 12.1 Å². The number of carbonyl (C=O) groups is 3. The van der Waals surface area contributed by atoms with Gasteiger partial charge in [-0.2, -0.15) is 0 Å². The van der Waals surface area contributed by atoms with Crippen LogP contribution in [-0.2, 0) is 9.59 Å². The second-order valence-corrected chi connectivity index (χ2v) is 4.38. The van der Waals surface area contributed by atoms with Crippen LogP contribution in [0.25, 0.3) is 0 Å². The Labute approximate surface area is 110 Å². The van der Waals surface area contributed by atoms with Gasteiger partial charge in [0.15, 0.2) is 0 Å². The van der Waals surface area contributed by atoms with E-state index in [2.05, 4.69) is 5.32 Å². The molecule has 1 heterocycles. The molecular formula is C13H14N2O4. The number of likely N-dealkylation sites (N-methyl/N-ethyl adjacent to an activating group) is 1. The fourth-order valence-electron chi connectivity index (χ4n) is 2.03. The van der Waals surface area contributed by atoms with Gasteiger partial charge in [0.25, 0.3) is 5.91 Å². The summed E-state index contributed by atoms with van der Waals surface area (Å²) in [5, 5.41) is 12.0. The van der Waals surface area contributed by atoms with Crippen LogP contribution in [0, 0.1) is 0 Å². The van der Waals surface area contributed by atoms with Crippen molar-refractivity contribution in [2.45, 2.75) is 18.9 Å². The molecule has 1 aromatic rings.